The van der Waals surface area contributed by atoms with Crippen molar-refractivity contribution in [1.82, 2.24) is 0 Å². The van der Waals surface area contributed by atoms with Gasteiger partial charge in [-0.1, -0.05) is 50.2 Å². The Morgan fingerprint density at radius 2 is 1.74 bits per heavy atom. The predicted octanol–water partition coefficient (Wildman–Crippen LogP) is 4.03. The molecular weight excluding hydrogens is 292 g/mol. The highest BCUT2D eigenvalue weighted by molar-refractivity contribution is 5.83. The predicted molar refractivity (Wildman–Crippen MR) is 88.9 cm³/mol. The molecule has 2 atom stereocenters. The maximum absolute atomic E-state index is 11.8. The van der Waals surface area contributed by atoms with E-state index in [9.17, 15) is 9.59 Å². The van der Waals surface area contributed by atoms with Crippen LogP contribution >= 0.6 is 0 Å². The number of esters is 2. The van der Waals surface area contributed by atoms with Crippen LogP contribution in [-0.2, 0) is 19.1 Å². The number of hydrogen-bond acceptors (Lipinski definition) is 4. The van der Waals surface area contributed by atoms with Gasteiger partial charge in [-0.3, -0.25) is 4.79 Å². The third-order valence-corrected chi connectivity index (χ3v) is 3.90. The number of benzene rings is 2. The fraction of sp³-hybridized carbons (Fsp3) is 0.368. The summed E-state index contributed by atoms with van der Waals surface area (Å²) in [4.78, 5) is 23.4. The Balaban J connectivity index is 1.93. The fourth-order valence-electron chi connectivity index (χ4n) is 2.20. The van der Waals surface area contributed by atoms with Gasteiger partial charge in [-0.05, 0) is 35.7 Å². The molecule has 4 nitrogen and oxygen atoms in total. The van der Waals surface area contributed by atoms with Crippen molar-refractivity contribution in [3.05, 3.63) is 48.0 Å². The van der Waals surface area contributed by atoms with Crippen molar-refractivity contribution < 1.29 is 19.1 Å². The second kappa shape index (κ2) is 7.77. The SMILES string of the molecule is CCC(C)C(=O)OCC(=O)OC(C)c1ccc2ccccc2c1. The number of rotatable bonds is 6. The van der Waals surface area contributed by atoms with Crippen molar-refractivity contribution in [3.8, 4) is 0 Å². The summed E-state index contributed by atoms with van der Waals surface area (Å²) in [5.74, 6) is -1.12. The van der Waals surface area contributed by atoms with E-state index in [4.69, 9.17) is 9.47 Å². The van der Waals surface area contributed by atoms with Crippen molar-refractivity contribution >= 4 is 22.7 Å². The summed E-state index contributed by atoms with van der Waals surface area (Å²) in [6.07, 6.45) is 0.288. The first-order valence-corrected chi connectivity index (χ1v) is 7.86. The molecule has 0 saturated carbocycles. The van der Waals surface area contributed by atoms with E-state index < -0.39 is 12.1 Å². The Labute approximate surface area is 136 Å². The lowest BCUT2D eigenvalue weighted by Crippen LogP contribution is -2.21. The van der Waals surface area contributed by atoms with Gasteiger partial charge in [-0.2, -0.15) is 0 Å². The van der Waals surface area contributed by atoms with Crippen LogP contribution in [0.3, 0.4) is 0 Å². The quantitative estimate of drug-likeness (QED) is 0.755. The van der Waals surface area contributed by atoms with E-state index in [-0.39, 0.29) is 18.5 Å². The summed E-state index contributed by atoms with van der Waals surface area (Å²) in [5, 5.41) is 2.23. The minimum Gasteiger partial charge on any atom is -0.455 e. The summed E-state index contributed by atoms with van der Waals surface area (Å²) in [6, 6.07) is 13.9. The normalized spacial score (nSPS) is 13.3. The van der Waals surface area contributed by atoms with Crippen LogP contribution in [0.1, 0.15) is 38.9 Å². The highest BCUT2D eigenvalue weighted by Gasteiger charge is 2.17. The van der Waals surface area contributed by atoms with Crippen molar-refractivity contribution in [3.63, 3.8) is 0 Å². The van der Waals surface area contributed by atoms with E-state index >= 15 is 0 Å². The van der Waals surface area contributed by atoms with Gasteiger partial charge in [0.05, 0.1) is 5.92 Å². The van der Waals surface area contributed by atoms with Crippen LogP contribution in [0.15, 0.2) is 42.5 Å². The Morgan fingerprint density at radius 1 is 1.04 bits per heavy atom. The summed E-state index contributed by atoms with van der Waals surface area (Å²) >= 11 is 0. The Hall–Kier alpha value is -2.36. The van der Waals surface area contributed by atoms with Gasteiger partial charge < -0.3 is 9.47 Å². The maximum atomic E-state index is 11.8. The standard InChI is InChI=1S/C19H22O4/c1-4-13(2)19(21)22-12-18(20)23-14(3)16-10-9-15-7-5-6-8-17(15)11-16/h5-11,13-14H,4,12H2,1-3H3. The zero-order valence-corrected chi connectivity index (χ0v) is 13.7. The van der Waals surface area contributed by atoms with Crippen LogP contribution in [-0.4, -0.2) is 18.5 Å². The van der Waals surface area contributed by atoms with Gasteiger partial charge in [0.15, 0.2) is 6.61 Å². The fourth-order valence-corrected chi connectivity index (χ4v) is 2.20. The van der Waals surface area contributed by atoms with Crippen molar-refractivity contribution in [2.75, 3.05) is 6.61 Å². The molecule has 4 heteroatoms. The van der Waals surface area contributed by atoms with E-state index in [0.717, 1.165) is 16.3 Å². The molecule has 0 aliphatic carbocycles. The molecule has 0 radical (unpaired) electrons. The monoisotopic (exact) mass is 314 g/mol. The van der Waals surface area contributed by atoms with Gasteiger partial charge in [0, 0.05) is 0 Å². The third-order valence-electron chi connectivity index (χ3n) is 3.90. The zero-order chi connectivity index (χ0) is 16.8. The van der Waals surface area contributed by atoms with Crippen LogP contribution in [0, 0.1) is 5.92 Å². The summed E-state index contributed by atoms with van der Waals surface area (Å²) in [5.41, 5.74) is 0.908. The van der Waals surface area contributed by atoms with Gasteiger partial charge in [-0.15, -0.1) is 0 Å². The number of fused-ring (bicyclic) bond motifs is 1. The highest BCUT2D eigenvalue weighted by atomic mass is 16.6. The average molecular weight is 314 g/mol. The van der Waals surface area contributed by atoms with Crippen LogP contribution in [0.25, 0.3) is 10.8 Å². The molecule has 0 spiro atoms. The first-order valence-electron chi connectivity index (χ1n) is 7.86. The molecule has 2 rings (SSSR count). The lowest BCUT2D eigenvalue weighted by atomic mass is 10.0. The van der Waals surface area contributed by atoms with Gasteiger partial charge in [-0.25, -0.2) is 4.79 Å². The third kappa shape index (κ3) is 4.55. The molecule has 0 amide bonds. The molecule has 2 aromatic carbocycles. The summed E-state index contributed by atoms with van der Waals surface area (Å²) < 4.78 is 10.3. The van der Waals surface area contributed by atoms with Crippen molar-refractivity contribution in [2.24, 2.45) is 5.92 Å². The summed E-state index contributed by atoms with van der Waals surface area (Å²) in [6.45, 7) is 5.12. The van der Waals surface area contributed by atoms with Crippen molar-refractivity contribution in [1.29, 1.82) is 0 Å². The number of carbonyl (C=O) groups excluding carboxylic acids is 2. The Kier molecular flexibility index (Phi) is 5.74. The van der Waals surface area contributed by atoms with E-state index in [0.29, 0.717) is 6.42 Å². The molecule has 0 fully saturated rings. The molecule has 0 N–H and O–H groups in total. The maximum Gasteiger partial charge on any atom is 0.344 e. The molecule has 0 saturated heterocycles. The smallest absolute Gasteiger partial charge is 0.344 e. The van der Waals surface area contributed by atoms with Crippen LogP contribution in [0.2, 0.25) is 0 Å². The largest absolute Gasteiger partial charge is 0.455 e. The lowest BCUT2D eigenvalue weighted by Gasteiger charge is -2.15. The summed E-state index contributed by atoms with van der Waals surface area (Å²) in [7, 11) is 0. The van der Waals surface area contributed by atoms with Crippen LogP contribution in [0.5, 0.6) is 0 Å². The number of ether oxygens (including phenoxy) is 2. The van der Waals surface area contributed by atoms with Gasteiger partial charge >= 0.3 is 11.9 Å². The minimum absolute atomic E-state index is 0.208. The Bertz CT molecular complexity index is 693. The second-order valence-electron chi connectivity index (χ2n) is 5.66. The van der Waals surface area contributed by atoms with Gasteiger partial charge in [0.1, 0.15) is 6.10 Å². The van der Waals surface area contributed by atoms with Crippen LogP contribution < -0.4 is 0 Å². The minimum atomic E-state index is -0.540. The lowest BCUT2D eigenvalue weighted by molar-refractivity contribution is -0.164. The molecule has 2 aromatic rings. The average Bonchev–Trinajstić information content (AvgIpc) is 2.58. The molecule has 23 heavy (non-hydrogen) atoms. The molecule has 122 valence electrons. The van der Waals surface area contributed by atoms with Crippen molar-refractivity contribution in [2.45, 2.75) is 33.3 Å². The number of carbonyl (C=O) groups is 2. The van der Waals surface area contributed by atoms with Gasteiger partial charge in [0.2, 0.25) is 0 Å². The first kappa shape index (κ1) is 17.0. The van der Waals surface area contributed by atoms with E-state index in [2.05, 4.69) is 0 Å². The van der Waals surface area contributed by atoms with E-state index in [1.165, 1.54) is 0 Å². The van der Waals surface area contributed by atoms with E-state index in [1.807, 2.05) is 49.4 Å². The molecule has 0 heterocycles. The van der Waals surface area contributed by atoms with Gasteiger partial charge in [0.25, 0.3) is 0 Å². The molecule has 0 aliphatic rings. The second-order valence-corrected chi connectivity index (χ2v) is 5.66. The molecule has 0 aliphatic heterocycles. The molecule has 0 bridgehead atoms. The zero-order valence-electron chi connectivity index (χ0n) is 13.7. The molecule has 2 unspecified atom stereocenters. The highest BCUT2D eigenvalue weighted by Crippen LogP contribution is 2.22. The number of hydrogen-bond donors (Lipinski definition) is 0. The first-order chi connectivity index (χ1) is 11.0. The Morgan fingerprint density at radius 3 is 2.43 bits per heavy atom. The molecule has 0 aromatic heterocycles. The van der Waals surface area contributed by atoms with Crippen LogP contribution in [0.4, 0.5) is 0 Å². The molecular formula is C19H22O4. The van der Waals surface area contributed by atoms with E-state index in [1.54, 1.807) is 13.8 Å². The topological polar surface area (TPSA) is 52.6 Å².